The van der Waals surface area contributed by atoms with Gasteiger partial charge in [0.1, 0.15) is 0 Å². The third-order valence-electron chi connectivity index (χ3n) is 6.01. The first kappa shape index (κ1) is 37.5. The van der Waals surface area contributed by atoms with Crippen molar-refractivity contribution in [1.29, 1.82) is 0 Å². The Kier molecular flexibility index (Phi) is 37.4. The van der Waals surface area contributed by atoms with Gasteiger partial charge in [0.05, 0.1) is 0 Å². The van der Waals surface area contributed by atoms with Crippen LogP contribution in [0.2, 0.25) is 0 Å². The van der Waals surface area contributed by atoms with Gasteiger partial charge in [0.2, 0.25) is 0 Å². The Morgan fingerprint density at radius 3 is 0.562 bits per heavy atom. The molecule has 0 aliphatic rings. The topological polar surface area (TPSA) is 80.3 Å². The van der Waals surface area contributed by atoms with Crippen molar-refractivity contribution in [3.8, 4) is 0 Å². The van der Waals surface area contributed by atoms with Crippen LogP contribution in [0.3, 0.4) is 0 Å². The molecule has 0 rings (SSSR count). The number of aliphatic carboxylic acids is 2. The van der Waals surface area contributed by atoms with Gasteiger partial charge in [-0.2, -0.15) is 0 Å². The molecule has 0 atom stereocenters. The monoisotopic (exact) mass is 470 g/mol. The van der Waals surface area contributed by atoms with E-state index >= 15 is 0 Å². The fraction of sp³-hybridized carbons (Fsp3) is 0.923. The van der Waals surface area contributed by atoms with Gasteiger partial charge in [0, 0.05) is 11.9 Å². The second kappa shape index (κ2) is 31.9. The van der Waals surface area contributed by atoms with E-state index in [1.54, 1.807) is 0 Å². The van der Waals surface area contributed by atoms with E-state index in [0.29, 0.717) is 0 Å². The molecule has 32 heavy (non-hydrogen) atoms. The van der Waals surface area contributed by atoms with Crippen molar-refractivity contribution < 1.29 is 78.9 Å². The van der Waals surface area contributed by atoms with Crippen LogP contribution in [0, 0.1) is 0 Å². The van der Waals surface area contributed by atoms with E-state index in [9.17, 15) is 19.8 Å². The van der Waals surface area contributed by atoms with Crippen LogP contribution in [-0.2, 0) is 9.59 Å². The maximum absolute atomic E-state index is 10.3. The summed E-state index contributed by atoms with van der Waals surface area (Å²) in [5.41, 5.74) is 0. The Hall–Kier alpha value is 0.940. The summed E-state index contributed by atoms with van der Waals surface area (Å²) in [6.07, 6.45) is 27.9. The Morgan fingerprint density at radius 1 is 0.312 bits per heavy atom. The van der Waals surface area contributed by atoms with Crippen molar-refractivity contribution in [3.05, 3.63) is 0 Å². The number of rotatable bonds is 25. The van der Waals surface area contributed by atoms with Crippen LogP contribution in [-0.4, -0.2) is 11.9 Å². The maximum Gasteiger partial charge on any atom is 1.00 e. The number of carbonyl (C=O) groups is 2. The van der Waals surface area contributed by atoms with Crippen molar-refractivity contribution >= 4 is 11.9 Å². The minimum atomic E-state index is -0.914. The predicted molar refractivity (Wildman–Crippen MR) is 121 cm³/mol. The quantitative estimate of drug-likeness (QED) is 0.137. The molecule has 0 aromatic carbocycles. The smallest absolute Gasteiger partial charge is 0.550 e. The van der Waals surface area contributed by atoms with Crippen molar-refractivity contribution in [1.82, 2.24) is 0 Å². The summed E-state index contributed by atoms with van der Waals surface area (Å²) < 4.78 is 0. The third kappa shape index (κ3) is 35.5. The van der Waals surface area contributed by atoms with Gasteiger partial charge in [-0.25, -0.2) is 0 Å². The number of carbonyl (C=O) groups excluding carboxylic acids is 2. The Labute approximate surface area is 243 Å². The summed E-state index contributed by atoms with van der Waals surface area (Å²) in [6, 6.07) is 0. The van der Waals surface area contributed by atoms with Crippen LogP contribution in [0.1, 0.15) is 154 Å². The van der Waals surface area contributed by atoms with Crippen molar-refractivity contribution in [3.63, 3.8) is 0 Å². The summed E-state index contributed by atoms with van der Waals surface area (Å²) in [6.45, 7) is 0. The van der Waals surface area contributed by atoms with Crippen molar-refractivity contribution in [2.75, 3.05) is 0 Å². The molecular formula is C26H48Na2O4. The molecular weight excluding hydrogens is 422 g/mol. The van der Waals surface area contributed by atoms with E-state index < -0.39 is 11.9 Å². The van der Waals surface area contributed by atoms with E-state index in [2.05, 4.69) is 0 Å². The van der Waals surface area contributed by atoms with Crippen LogP contribution in [0.5, 0.6) is 0 Å². The first-order valence-corrected chi connectivity index (χ1v) is 13.0. The summed E-state index contributed by atoms with van der Waals surface area (Å²) in [4.78, 5) is 20.6. The van der Waals surface area contributed by atoms with Crippen LogP contribution in [0.15, 0.2) is 0 Å². The fourth-order valence-electron chi connectivity index (χ4n) is 4.07. The zero-order chi connectivity index (χ0) is 22.1. The van der Waals surface area contributed by atoms with Gasteiger partial charge in [0.25, 0.3) is 0 Å². The first-order valence-electron chi connectivity index (χ1n) is 13.0. The van der Waals surface area contributed by atoms with Crippen LogP contribution < -0.4 is 69.3 Å². The fourth-order valence-corrected chi connectivity index (χ4v) is 4.07. The van der Waals surface area contributed by atoms with Gasteiger partial charge in [-0.15, -0.1) is 0 Å². The second-order valence-electron chi connectivity index (χ2n) is 9.02. The molecule has 0 fully saturated rings. The van der Waals surface area contributed by atoms with Crippen LogP contribution in [0.25, 0.3) is 0 Å². The third-order valence-corrected chi connectivity index (χ3v) is 6.01. The summed E-state index contributed by atoms with van der Waals surface area (Å²) in [5, 5.41) is 20.6. The van der Waals surface area contributed by atoms with E-state index in [0.717, 1.165) is 25.7 Å². The van der Waals surface area contributed by atoms with Gasteiger partial charge < -0.3 is 19.8 Å². The van der Waals surface area contributed by atoms with Gasteiger partial charge in [-0.1, -0.05) is 128 Å². The Bertz CT molecular complexity index is 356. The molecule has 0 unspecified atom stereocenters. The van der Waals surface area contributed by atoms with E-state index in [1.165, 1.54) is 116 Å². The van der Waals surface area contributed by atoms with Gasteiger partial charge in [0.15, 0.2) is 0 Å². The van der Waals surface area contributed by atoms with Crippen molar-refractivity contribution in [2.45, 2.75) is 154 Å². The average Bonchev–Trinajstić information content (AvgIpc) is 2.70. The predicted octanol–water partition coefficient (Wildman–Crippen LogP) is -0.143. The Morgan fingerprint density at radius 2 is 0.438 bits per heavy atom. The minimum Gasteiger partial charge on any atom is -0.550 e. The number of hydrogen-bond acceptors (Lipinski definition) is 4. The largest absolute Gasteiger partial charge is 1.00 e. The standard InChI is InChI=1S/C26H50O4.2Na/c27-25(28)23-21-19-17-15-13-11-9-7-5-3-1-2-4-6-8-10-12-14-16-18-20-22-24-26(29)30;;/h1-24H2,(H,27,28)(H,29,30);;/q;2*+1/p-2. The molecule has 0 aliphatic carbocycles. The van der Waals surface area contributed by atoms with E-state index in [4.69, 9.17) is 0 Å². The van der Waals surface area contributed by atoms with Crippen LogP contribution in [0.4, 0.5) is 0 Å². The maximum atomic E-state index is 10.3. The van der Waals surface area contributed by atoms with E-state index in [-0.39, 0.29) is 72.0 Å². The zero-order valence-corrected chi connectivity index (χ0v) is 25.6. The van der Waals surface area contributed by atoms with Gasteiger partial charge >= 0.3 is 59.1 Å². The van der Waals surface area contributed by atoms with Gasteiger partial charge in [-0.05, 0) is 25.7 Å². The molecule has 0 heterocycles. The molecule has 0 saturated carbocycles. The SMILES string of the molecule is O=C([O-])CCCCCCCCCCCCCCCCCCCCCCCCC(=O)[O-].[Na+].[Na+]. The van der Waals surface area contributed by atoms with Gasteiger partial charge in [-0.3, -0.25) is 0 Å². The molecule has 0 spiro atoms. The van der Waals surface area contributed by atoms with E-state index in [1.807, 2.05) is 0 Å². The second-order valence-corrected chi connectivity index (χ2v) is 9.02. The minimum absolute atomic E-state index is 0. The molecule has 178 valence electrons. The molecule has 0 N–H and O–H groups in total. The first-order chi connectivity index (χ1) is 14.6. The normalized spacial score (nSPS) is 10.4. The van der Waals surface area contributed by atoms with Crippen molar-refractivity contribution in [2.24, 2.45) is 0 Å². The molecule has 6 heteroatoms. The Balaban J connectivity index is -0.00000420. The number of hydrogen-bond donors (Lipinski definition) is 0. The molecule has 0 aliphatic heterocycles. The molecule has 0 aromatic heterocycles. The average molecular weight is 471 g/mol. The number of carboxylic acid groups (broad SMARTS) is 2. The summed E-state index contributed by atoms with van der Waals surface area (Å²) >= 11 is 0. The molecule has 0 radical (unpaired) electrons. The number of unbranched alkanes of at least 4 members (excludes halogenated alkanes) is 21. The molecule has 0 aromatic rings. The molecule has 0 amide bonds. The molecule has 4 nitrogen and oxygen atoms in total. The number of carboxylic acids is 2. The summed E-state index contributed by atoms with van der Waals surface area (Å²) in [5.74, 6) is -1.83. The molecule has 0 saturated heterocycles. The van der Waals surface area contributed by atoms with Crippen LogP contribution >= 0.6 is 0 Å². The summed E-state index contributed by atoms with van der Waals surface area (Å²) in [7, 11) is 0. The molecule has 0 bridgehead atoms. The zero-order valence-electron chi connectivity index (χ0n) is 21.6.